The zero-order valence-electron chi connectivity index (χ0n) is 19.6. The van der Waals surface area contributed by atoms with Gasteiger partial charge in [0.15, 0.2) is 0 Å². The summed E-state index contributed by atoms with van der Waals surface area (Å²) in [5, 5.41) is 4.46. The number of aromatic nitrogens is 1. The molecule has 2 atom stereocenters. The maximum Gasteiger partial charge on any atom is 0.328 e. The summed E-state index contributed by atoms with van der Waals surface area (Å²) >= 11 is 0. The molecule has 34 heavy (non-hydrogen) atoms. The number of nitrogens with zero attached hydrogens (tertiary/aromatic N) is 2. The first-order valence-electron chi connectivity index (χ1n) is 12.1. The van der Waals surface area contributed by atoms with E-state index in [4.69, 9.17) is 4.74 Å². The number of nitrogens with one attached hydrogen (secondary N) is 2. The van der Waals surface area contributed by atoms with Crippen LogP contribution in [0.15, 0.2) is 48.5 Å². The average Bonchev–Trinajstić information content (AvgIpc) is 3.59. The van der Waals surface area contributed by atoms with Crippen molar-refractivity contribution in [2.45, 2.75) is 37.8 Å². The van der Waals surface area contributed by atoms with Crippen LogP contribution in [-0.4, -0.2) is 59.0 Å². The van der Waals surface area contributed by atoms with E-state index in [2.05, 4.69) is 10.3 Å². The predicted molar refractivity (Wildman–Crippen MR) is 130 cm³/mol. The number of aromatic amines is 1. The highest BCUT2D eigenvalue weighted by Gasteiger charge is 2.60. The lowest BCUT2D eigenvalue weighted by Crippen LogP contribution is -2.53. The quantitative estimate of drug-likeness (QED) is 0.417. The molecule has 2 aromatic carbocycles. The third-order valence-corrected chi connectivity index (χ3v) is 7.63. The Morgan fingerprint density at radius 3 is 2.68 bits per heavy atom. The number of amides is 3. The number of ether oxygens (including phenoxy) is 1. The molecule has 3 heterocycles. The second-order valence-corrected chi connectivity index (χ2v) is 9.95. The number of fused-ring (bicyclic) bond motifs is 4. The number of rotatable bonds is 7. The molecule has 1 saturated heterocycles. The van der Waals surface area contributed by atoms with E-state index < -0.39 is 5.54 Å². The van der Waals surface area contributed by atoms with Crippen molar-refractivity contribution in [1.29, 1.82) is 0 Å². The summed E-state index contributed by atoms with van der Waals surface area (Å²) < 4.78 is 5.48. The molecule has 6 rings (SSSR count). The van der Waals surface area contributed by atoms with E-state index in [0.29, 0.717) is 19.5 Å². The first kappa shape index (κ1) is 21.2. The van der Waals surface area contributed by atoms with Gasteiger partial charge in [-0.1, -0.05) is 30.3 Å². The van der Waals surface area contributed by atoms with Crippen molar-refractivity contribution in [2.24, 2.45) is 5.92 Å². The van der Waals surface area contributed by atoms with Crippen molar-refractivity contribution in [1.82, 2.24) is 20.1 Å². The zero-order chi connectivity index (χ0) is 23.4. The zero-order valence-corrected chi connectivity index (χ0v) is 19.6. The van der Waals surface area contributed by atoms with E-state index in [0.717, 1.165) is 45.9 Å². The van der Waals surface area contributed by atoms with E-state index in [9.17, 15) is 9.59 Å². The monoisotopic (exact) mass is 458 g/mol. The molecule has 1 aromatic heterocycles. The second kappa shape index (κ2) is 7.87. The largest absolute Gasteiger partial charge is 0.497 e. The SMILES string of the molecule is COc1ccc2[nH]c3c(c2c1)C[C@@]1(C)C(=O)N(CCNCC2CC2)C(=O)N1[C@@H]3c1ccccc1. The van der Waals surface area contributed by atoms with Crippen molar-refractivity contribution < 1.29 is 14.3 Å². The molecule has 7 nitrogen and oxygen atoms in total. The molecule has 2 N–H and O–H groups in total. The van der Waals surface area contributed by atoms with E-state index >= 15 is 0 Å². The number of carbonyl (C=O) groups excluding carboxylic acids is 2. The van der Waals surface area contributed by atoms with Gasteiger partial charge in [-0.2, -0.15) is 0 Å². The lowest BCUT2D eigenvalue weighted by molar-refractivity contribution is -0.133. The third-order valence-electron chi connectivity index (χ3n) is 7.63. The van der Waals surface area contributed by atoms with E-state index in [1.165, 1.54) is 17.7 Å². The summed E-state index contributed by atoms with van der Waals surface area (Å²) in [6.07, 6.45) is 3.01. The van der Waals surface area contributed by atoms with Gasteiger partial charge in [-0.05, 0) is 61.6 Å². The Kier molecular flexibility index (Phi) is 4.92. The molecular formula is C27H30N4O3. The Bertz CT molecular complexity index is 1270. The van der Waals surface area contributed by atoms with Crippen LogP contribution in [0.5, 0.6) is 5.75 Å². The Labute approximate surface area is 199 Å². The highest BCUT2D eigenvalue weighted by molar-refractivity contribution is 6.08. The van der Waals surface area contributed by atoms with Gasteiger partial charge in [0.05, 0.1) is 7.11 Å². The van der Waals surface area contributed by atoms with Gasteiger partial charge in [0.1, 0.15) is 17.3 Å². The van der Waals surface area contributed by atoms with Gasteiger partial charge in [0.2, 0.25) is 0 Å². The number of H-pyrrole nitrogens is 1. The number of methoxy groups -OCH3 is 1. The minimum absolute atomic E-state index is 0.116. The molecule has 1 saturated carbocycles. The maximum atomic E-state index is 13.8. The fraction of sp³-hybridized carbons (Fsp3) is 0.407. The Morgan fingerprint density at radius 2 is 1.94 bits per heavy atom. The summed E-state index contributed by atoms with van der Waals surface area (Å²) in [4.78, 5) is 34.4. The fourth-order valence-corrected chi connectivity index (χ4v) is 5.62. The second-order valence-electron chi connectivity index (χ2n) is 9.95. The Balaban J connectivity index is 1.42. The van der Waals surface area contributed by atoms with Crippen LogP contribution >= 0.6 is 0 Å². The summed E-state index contributed by atoms with van der Waals surface area (Å²) in [6.45, 7) is 3.89. The first-order valence-corrected chi connectivity index (χ1v) is 12.1. The smallest absolute Gasteiger partial charge is 0.328 e. The predicted octanol–water partition coefficient (Wildman–Crippen LogP) is 3.84. The standard InChI is InChI=1S/C27H30N4O3/c1-27-15-21-20-14-19(34-2)10-11-22(20)29-23(21)24(18-6-4-3-5-7-18)31(27)26(33)30(25(27)32)13-12-28-16-17-8-9-17/h3-7,10-11,14,17,24,28-29H,8-9,12-13,15-16H2,1-2H3/t24-,27+/m1/s1. The van der Waals surface area contributed by atoms with Crippen LogP contribution in [0.1, 0.15) is 42.6 Å². The topological polar surface area (TPSA) is 77.7 Å². The number of carbonyl (C=O) groups is 2. The number of urea groups is 1. The summed E-state index contributed by atoms with van der Waals surface area (Å²) in [7, 11) is 1.66. The molecule has 176 valence electrons. The van der Waals surface area contributed by atoms with Crippen molar-refractivity contribution in [3.8, 4) is 5.75 Å². The van der Waals surface area contributed by atoms with Crippen molar-refractivity contribution in [3.63, 3.8) is 0 Å². The Hall–Kier alpha value is -3.32. The summed E-state index contributed by atoms with van der Waals surface area (Å²) in [5.41, 5.74) is 3.08. The maximum absolute atomic E-state index is 13.8. The molecule has 3 aliphatic rings. The molecule has 0 radical (unpaired) electrons. The minimum atomic E-state index is -0.945. The van der Waals surface area contributed by atoms with E-state index in [-0.39, 0.29) is 18.0 Å². The normalized spacial score (nSPS) is 24.0. The van der Waals surface area contributed by atoms with E-state index in [1.807, 2.05) is 55.5 Å². The van der Waals surface area contributed by atoms with Gasteiger partial charge in [-0.25, -0.2) is 4.79 Å². The van der Waals surface area contributed by atoms with Crippen LogP contribution in [0.2, 0.25) is 0 Å². The molecular weight excluding hydrogens is 428 g/mol. The van der Waals surface area contributed by atoms with Crippen LogP contribution in [-0.2, 0) is 11.2 Å². The van der Waals surface area contributed by atoms with Gasteiger partial charge >= 0.3 is 6.03 Å². The van der Waals surface area contributed by atoms with E-state index in [1.54, 1.807) is 12.0 Å². The molecule has 2 aliphatic heterocycles. The lowest BCUT2D eigenvalue weighted by atomic mass is 9.81. The number of benzene rings is 2. The molecule has 7 heteroatoms. The van der Waals surface area contributed by atoms with Gasteiger partial charge in [-0.3, -0.25) is 14.6 Å². The molecule has 1 aliphatic carbocycles. The van der Waals surface area contributed by atoms with Crippen LogP contribution in [0, 0.1) is 5.92 Å². The molecule has 0 bridgehead atoms. The first-order chi connectivity index (χ1) is 16.5. The number of hydrogen-bond donors (Lipinski definition) is 2. The average molecular weight is 459 g/mol. The van der Waals surface area contributed by atoms with Crippen LogP contribution < -0.4 is 10.1 Å². The summed E-state index contributed by atoms with van der Waals surface area (Å²) in [5.74, 6) is 1.41. The lowest BCUT2D eigenvalue weighted by Gasteiger charge is -2.42. The molecule has 0 unspecified atom stereocenters. The number of imide groups is 1. The highest BCUT2D eigenvalue weighted by atomic mass is 16.5. The van der Waals surface area contributed by atoms with Gasteiger partial charge in [-0.15, -0.1) is 0 Å². The minimum Gasteiger partial charge on any atom is -0.497 e. The van der Waals surface area contributed by atoms with Crippen LogP contribution in [0.4, 0.5) is 4.79 Å². The van der Waals surface area contributed by atoms with Crippen molar-refractivity contribution in [3.05, 3.63) is 65.4 Å². The summed E-state index contributed by atoms with van der Waals surface area (Å²) in [6, 6.07) is 15.4. The number of hydrogen-bond acceptors (Lipinski definition) is 4. The third kappa shape index (κ3) is 3.21. The molecule has 3 amide bonds. The van der Waals surface area contributed by atoms with Gasteiger partial charge < -0.3 is 15.0 Å². The fourth-order valence-electron chi connectivity index (χ4n) is 5.62. The highest BCUT2D eigenvalue weighted by Crippen LogP contribution is 2.48. The van der Waals surface area contributed by atoms with Crippen LogP contribution in [0.25, 0.3) is 10.9 Å². The van der Waals surface area contributed by atoms with Gasteiger partial charge in [0, 0.05) is 36.1 Å². The van der Waals surface area contributed by atoms with Crippen molar-refractivity contribution >= 4 is 22.8 Å². The molecule has 0 spiro atoms. The molecule has 2 fully saturated rings. The van der Waals surface area contributed by atoms with Crippen molar-refractivity contribution in [2.75, 3.05) is 26.7 Å². The Morgan fingerprint density at radius 1 is 1.15 bits per heavy atom. The van der Waals surface area contributed by atoms with Crippen LogP contribution in [0.3, 0.4) is 0 Å². The molecule has 3 aromatic rings. The van der Waals surface area contributed by atoms with Gasteiger partial charge in [0.25, 0.3) is 5.91 Å².